The molecule has 0 amide bonds. The topological polar surface area (TPSA) is 48.7 Å². The first-order valence-electron chi connectivity index (χ1n) is 7.32. The maximum absolute atomic E-state index is 11.0. The summed E-state index contributed by atoms with van der Waals surface area (Å²) in [4.78, 5) is 11.0. The van der Waals surface area contributed by atoms with Crippen LogP contribution < -0.4 is 5.46 Å². The van der Waals surface area contributed by atoms with Crippen LogP contribution in [-0.4, -0.2) is 25.1 Å². The summed E-state index contributed by atoms with van der Waals surface area (Å²) in [5, 5.41) is 0. The van der Waals surface area contributed by atoms with E-state index in [1.165, 1.54) is 12.7 Å². The predicted octanol–water partition coefficient (Wildman–Crippen LogP) is 2.03. The van der Waals surface area contributed by atoms with Crippen molar-refractivity contribution in [2.75, 3.05) is 0 Å². The quantitative estimate of drug-likeness (QED) is 0.611. The number of furan rings is 1. The van der Waals surface area contributed by atoms with Gasteiger partial charge in [0.2, 0.25) is 0 Å². The first-order chi connectivity index (χ1) is 9.46. The number of hydrogen-bond donors (Lipinski definition) is 0. The molecule has 0 aromatic carbocycles. The molecule has 4 atom stereocenters. The zero-order valence-electron chi connectivity index (χ0n) is 12.1. The molecule has 0 unspecified atom stereocenters. The van der Waals surface area contributed by atoms with Crippen LogP contribution in [0.5, 0.6) is 0 Å². The van der Waals surface area contributed by atoms with Crippen LogP contribution in [0, 0.1) is 17.3 Å². The highest BCUT2D eigenvalue weighted by atomic mass is 16.7. The average molecular weight is 274 g/mol. The second kappa shape index (κ2) is 3.77. The van der Waals surface area contributed by atoms with Crippen molar-refractivity contribution in [3.63, 3.8) is 0 Å². The summed E-state index contributed by atoms with van der Waals surface area (Å²) in [5.41, 5.74) is 0.791. The zero-order chi connectivity index (χ0) is 14.1. The van der Waals surface area contributed by atoms with Gasteiger partial charge in [-0.2, -0.15) is 0 Å². The van der Waals surface area contributed by atoms with Gasteiger partial charge in [-0.25, -0.2) is 0 Å². The Kier molecular flexibility index (Phi) is 2.39. The number of hydrogen-bond acceptors (Lipinski definition) is 4. The van der Waals surface area contributed by atoms with Crippen LogP contribution in [0.1, 0.15) is 44.2 Å². The van der Waals surface area contributed by atoms with Crippen LogP contribution in [0.3, 0.4) is 0 Å². The Balaban J connectivity index is 1.66. The van der Waals surface area contributed by atoms with Gasteiger partial charge in [0, 0.05) is 5.46 Å². The summed E-state index contributed by atoms with van der Waals surface area (Å²) in [6, 6.07) is 1.77. The Bertz CT molecular complexity index is 566. The lowest BCUT2D eigenvalue weighted by molar-refractivity contribution is -0.199. The van der Waals surface area contributed by atoms with Gasteiger partial charge in [-0.1, -0.05) is 13.8 Å². The van der Waals surface area contributed by atoms with E-state index in [-0.39, 0.29) is 11.7 Å². The molecule has 3 saturated carbocycles. The molecule has 2 bridgehead atoms. The maximum atomic E-state index is 11.0. The second-order valence-corrected chi connectivity index (χ2v) is 7.16. The summed E-state index contributed by atoms with van der Waals surface area (Å²) in [5.74, 6) is 1.56. The molecule has 5 heteroatoms. The van der Waals surface area contributed by atoms with Crippen molar-refractivity contribution in [3.8, 4) is 0 Å². The van der Waals surface area contributed by atoms with Crippen LogP contribution in [0.15, 0.2) is 16.7 Å². The molecule has 4 nitrogen and oxygen atoms in total. The Morgan fingerprint density at radius 3 is 2.85 bits per heavy atom. The Morgan fingerprint density at radius 1 is 1.35 bits per heavy atom. The van der Waals surface area contributed by atoms with Crippen LogP contribution in [0.25, 0.3) is 0 Å². The van der Waals surface area contributed by atoms with Gasteiger partial charge in [-0.05, 0) is 43.1 Å². The molecule has 3 aliphatic carbocycles. The zero-order valence-corrected chi connectivity index (χ0v) is 12.1. The summed E-state index contributed by atoms with van der Waals surface area (Å²) >= 11 is 0. The molecule has 1 aliphatic heterocycles. The molecule has 0 spiro atoms. The Morgan fingerprint density at radius 2 is 2.15 bits per heavy atom. The minimum atomic E-state index is -0.473. The summed E-state index contributed by atoms with van der Waals surface area (Å²) in [6.07, 6.45) is 4.63. The van der Waals surface area contributed by atoms with Gasteiger partial charge in [-0.15, -0.1) is 0 Å². The van der Waals surface area contributed by atoms with E-state index in [0.717, 1.165) is 18.6 Å². The molecule has 0 radical (unpaired) electrons. The van der Waals surface area contributed by atoms with Crippen molar-refractivity contribution >= 4 is 18.9 Å². The molecule has 4 fully saturated rings. The molecule has 5 rings (SSSR count). The first kappa shape index (κ1) is 12.7. The van der Waals surface area contributed by atoms with Gasteiger partial charge in [0.25, 0.3) is 0 Å². The molecule has 1 aromatic heterocycles. The summed E-state index contributed by atoms with van der Waals surface area (Å²) in [7, 11) is -0.473. The lowest BCUT2D eigenvalue weighted by Crippen LogP contribution is -2.65. The van der Waals surface area contributed by atoms with Crippen LogP contribution in [0.2, 0.25) is 0 Å². The fourth-order valence-electron chi connectivity index (χ4n) is 4.62. The minimum Gasteiger partial charge on any atom is -0.462 e. The maximum Gasteiger partial charge on any atom is 0.498 e. The molecule has 1 aromatic rings. The van der Waals surface area contributed by atoms with E-state index in [2.05, 4.69) is 20.8 Å². The van der Waals surface area contributed by atoms with E-state index in [1.807, 2.05) is 0 Å². The summed E-state index contributed by atoms with van der Waals surface area (Å²) < 4.78 is 17.6. The highest BCUT2D eigenvalue weighted by Gasteiger charge is 2.68. The lowest BCUT2D eigenvalue weighted by atomic mass is 9.43. The first-order valence-corrected chi connectivity index (χ1v) is 7.32. The van der Waals surface area contributed by atoms with Crippen molar-refractivity contribution in [2.24, 2.45) is 17.3 Å². The fraction of sp³-hybridized carbons (Fsp3) is 0.667. The molecular formula is C15H19BO4. The van der Waals surface area contributed by atoms with Crippen molar-refractivity contribution in [1.82, 2.24) is 0 Å². The van der Waals surface area contributed by atoms with Crippen LogP contribution >= 0.6 is 0 Å². The standard InChI is InChI=1S/C15H19BO4/c1-14(2)9-6-12(14)15(3)13(7-9)19-16(20-15)10-4-5-18-11(10)8-17/h4-5,8-9,12-13H,6-7H2,1-3H3/t9-,12-,13+,15-/m0/s1. The monoisotopic (exact) mass is 274 g/mol. The van der Waals surface area contributed by atoms with E-state index >= 15 is 0 Å². The Hall–Kier alpha value is -1.07. The highest BCUT2D eigenvalue weighted by molar-refractivity contribution is 6.63. The van der Waals surface area contributed by atoms with E-state index in [9.17, 15) is 4.79 Å². The number of carbonyl (C=O) groups is 1. The molecule has 2 heterocycles. The third-order valence-corrected chi connectivity index (χ3v) is 6.04. The average Bonchev–Trinajstić information content (AvgIpc) is 2.99. The molecule has 106 valence electrons. The van der Waals surface area contributed by atoms with Gasteiger partial charge in [0.1, 0.15) is 0 Å². The third kappa shape index (κ3) is 1.37. The van der Waals surface area contributed by atoms with Crippen LogP contribution in [0.4, 0.5) is 0 Å². The molecule has 1 saturated heterocycles. The van der Waals surface area contributed by atoms with E-state index in [1.54, 1.807) is 6.07 Å². The molecule has 0 N–H and O–H groups in total. The van der Waals surface area contributed by atoms with Gasteiger partial charge in [0.05, 0.1) is 18.0 Å². The van der Waals surface area contributed by atoms with Gasteiger partial charge >= 0.3 is 7.12 Å². The largest absolute Gasteiger partial charge is 0.498 e. The van der Waals surface area contributed by atoms with Crippen LogP contribution in [-0.2, 0) is 9.31 Å². The van der Waals surface area contributed by atoms with E-state index < -0.39 is 7.12 Å². The van der Waals surface area contributed by atoms with Gasteiger partial charge in [0.15, 0.2) is 12.0 Å². The normalized spacial score (nSPS) is 41.1. The van der Waals surface area contributed by atoms with Crippen molar-refractivity contribution in [1.29, 1.82) is 0 Å². The fourth-order valence-corrected chi connectivity index (χ4v) is 4.62. The van der Waals surface area contributed by atoms with Gasteiger partial charge < -0.3 is 13.7 Å². The minimum absolute atomic E-state index is 0.124. The molecular weight excluding hydrogens is 255 g/mol. The Labute approximate surface area is 119 Å². The van der Waals surface area contributed by atoms with Crippen molar-refractivity contribution in [2.45, 2.75) is 45.3 Å². The van der Waals surface area contributed by atoms with E-state index in [4.69, 9.17) is 13.7 Å². The summed E-state index contributed by atoms with van der Waals surface area (Å²) in [6.45, 7) is 6.83. The smallest absolute Gasteiger partial charge is 0.462 e. The number of aldehydes is 1. The highest BCUT2D eigenvalue weighted by Crippen LogP contribution is 2.65. The molecule has 20 heavy (non-hydrogen) atoms. The second-order valence-electron chi connectivity index (χ2n) is 7.16. The van der Waals surface area contributed by atoms with E-state index in [0.29, 0.717) is 22.6 Å². The number of carbonyl (C=O) groups excluding carboxylic acids is 1. The SMILES string of the molecule is CC1(C)[C@@H]2C[C@H]3OB(c4ccoc4C=O)O[C@@]3(C)[C@H]1C2. The third-order valence-electron chi connectivity index (χ3n) is 6.04. The van der Waals surface area contributed by atoms with Crippen molar-refractivity contribution < 1.29 is 18.5 Å². The molecule has 4 aliphatic rings. The van der Waals surface area contributed by atoms with Gasteiger partial charge in [-0.3, -0.25) is 4.79 Å². The predicted molar refractivity (Wildman–Crippen MR) is 73.8 cm³/mol. The lowest BCUT2D eigenvalue weighted by Gasteiger charge is -2.64. The van der Waals surface area contributed by atoms with Crippen molar-refractivity contribution in [3.05, 3.63) is 18.1 Å². The number of rotatable bonds is 2.